The Morgan fingerprint density at radius 1 is 1.33 bits per heavy atom. The first-order valence-electron chi connectivity index (χ1n) is 6.99. The molecule has 6 heteroatoms. The summed E-state index contributed by atoms with van der Waals surface area (Å²) in [6.45, 7) is 5.67. The summed E-state index contributed by atoms with van der Waals surface area (Å²) in [5.41, 5.74) is 6.10. The summed E-state index contributed by atoms with van der Waals surface area (Å²) in [6, 6.07) is 1.56. The lowest BCUT2D eigenvalue weighted by Crippen LogP contribution is -2.41. The van der Waals surface area contributed by atoms with Crippen LogP contribution in [0.15, 0.2) is 23.4 Å². The van der Waals surface area contributed by atoms with Crippen LogP contribution >= 0.6 is 0 Å². The average Bonchev–Trinajstić information content (AvgIpc) is 2.45. The zero-order chi connectivity index (χ0) is 15.5. The first-order chi connectivity index (χ1) is 9.85. The fourth-order valence-electron chi connectivity index (χ4n) is 2.26. The minimum atomic E-state index is -3.49. The Morgan fingerprint density at radius 3 is 2.62 bits per heavy atom. The summed E-state index contributed by atoms with van der Waals surface area (Å²) in [7, 11) is -3.49. The van der Waals surface area contributed by atoms with Gasteiger partial charge in [-0.15, -0.1) is 0 Å². The number of piperidine rings is 1. The highest BCUT2D eigenvalue weighted by molar-refractivity contribution is 7.89. The molecular formula is C15H21N3O2S. The number of nitrogens with zero attached hydrogens (tertiary/aromatic N) is 2. The molecule has 0 saturated carbocycles. The maximum Gasteiger partial charge on any atom is 0.244 e. The summed E-state index contributed by atoms with van der Waals surface area (Å²) < 4.78 is 26.8. The Kier molecular flexibility index (Phi) is 4.67. The molecule has 2 heterocycles. The molecule has 1 fully saturated rings. The van der Waals surface area contributed by atoms with E-state index in [0.717, 1.165) is 12.8 Å². The van der Waals surface area contributed by atoms with Crippen molar-refractivity contribution in [1.82, 2.24) is 9.29 Å². The zero-order valence-electron chi connectivity index (χ0n) is 12.5. The molecule has 0 unspecified atom stereocenters. The van der Waals surface area contributed by atoms with E-state index in [2.05, 4.69) is 30.7 Å². The van der Waals surface area contributed by atoms with Crippen LogP contribution in [0.3, 0.4) is 0 Å². The third kappa shape index (κ3) is 3.82. The molecule has 5 nitrogen and oxygen atoms in total. The van der Waals surface area contributed by atoms with E-state index in [0.29, 0.717) is 18.7 Å². The molecule has 0 bridgehead atoms. The number of pyridine rings is 1. The molecule has 0 aliphatic carbocycles. The predicted molar refractivity (Wildman–Crippen MR) is 81.9 cm³/mol. The first kappa shape index (κ1) is 16.0. The summed E-state index contributed by atoms with van der Waals surface area (Å²) in [6.07, 6.45) is 4.66. The molecule has 2 rings (SSSR count). The second-order valence-electron chi connectivity index (χ2n) is 5.98. The molecule has 1 saturated heterocycles. The van der Waals surface area contributed by atoms with Gasteiger partial charge in [-0.3, -0.25) is 4.98 Å². The predicted octanol–water partition coefficient (Wildman–Crippen LogP) is 1.20. The van der Waals surface area contributed by atoms with Gasteiger partial charge in [0.25, 0.3) is 0 Å². The van der Waals surface area contributed by atoms with Crippen LogP contribution in [0.25, 0.3) is 0 Å². The van der Waals surface area contributed by atoms with Crippen molar-refractivity contribution in [3.8, 4) is 11.8 Å². The zero-order valence-corrected chi connectivity index (χ0v) is 13.3. The van der Waals surface area contributed by atoms with Crippen LogP contribution in [0, 0.1) is 17.3 Å². The molecule has 2 N–H and O–H groups in total. The third-order valence-corrected chi connectivity index (χ3v) is 5.63. The van der Waals surface area contributed by atoms with Gasteiger partial charge in [0.05, 0.1) is 6.54 Å². The van der Waals surface area contributed by atoms with E-state index in [4.69, 9.17) is 5.73 Å². The Bertz CT molecular complexity index is 662. The van der Waals surface area contributed by atoms with Gasteiger partial charge in [-0.1, -0.05) is 25.7 Å². The largest absolute Gasteiger partial charge is 0.320 e. The van der Waals surface area contributed by atoms with Gasteiger partial charge in [-0.2, -0.15) is 4.31 Å². The molecule has 0 aromatic carbocycles. The van der Waals surface area contributed by atoms with Crippen molar-refractivity contribution in [3.05, 3.63) is 24.0 Å². The van der Waals surface area contributed by atoms with E-state index < -0.39 is 10.0 Å². The van der Waals surface area contributed by atoms with Gasteiger partial charge in [0, 0.05) is 31.0 Å². The van der Waals surface area contributed by atoms with Crippen LogP contribution in [0.1, 0.15) is 32.3 Å². The van der Waals surface area contributed by atoms with Crippen molar-refractivity contribution in [1.29, 1.82) is 0 Å². The minimum absolute atomic E-state index is 0.200. The average molecular weight is 307 g/mol. The molecule has 1 aliphatic rings. The number of rotatable bonds is 2. The number of hydrogen-bond acceptors (Lipinski definition) is 4. The molecule has 0 amide bonds. The molecule has 0 atom stereocenters. The highest BCUT2D eigenvalue weighted by Gasteiger charge is 2.32. The van der Waals surface area contributed by atoms with Crippen molar-refractivity contribution in [2.45, 2.75) is 31.6 Å². The Balaban J connectivity index is 2.24. The number of nitrogens with two attached hydrogens (primary N) is 1. The quantitative estimate of drug-likeness (QED) is 0.833. The van der Waals surface area contributed by atoms with E-state index in [1.54, 1.807) is 12.3 Å². The van der Waals surface area contributed by atoms with Crippen molar-refractivity contribution in [3.63, 3.8) is 0 Å². The monoisotopic (exact) mass is 307 g/mol. The number of hydrogen-bond donors (Lipinski definition) is 1. The number of sulfonamides is 1. The lowest BCUT2D eigenvalue weighted by Gasteiger charge is -2.36. The second kappa shape index (κ2) is 6.14. The van der Waals surface area contributed by atoms with Crippen LogP contribution in [-0.2, 0) is 10.0 Å². The van der Waals surface area contributed by atoms with E-state index in [-0.39, 0.29) is 16.9 Å². The van der Waals surface area contributed by atoms with E-state index in [9.17, 15) is 8.42 Å². The van der Waals surface area contributed by atoms with Gasteiger partial charge in [0.15, 0.2) is 0 Å². The fraction of sp³-hybridized carbons (Fsp3) is 0.533. The summed E-state index contributed by atoms with van der Waals surface area (Å²) in [5.74, 6) is 5.52. The van der Waals surface area contributed by atoms with Crippen LogP contribution in [0.2, 0.25) is 0 Å². The highest BCUT2D eigenvalue weighted by Crippen LogP contribution is 2.32. The fourth-order valence-corrected chi connectivity index (χ4v) is 3.69. The highest BCUT2D eigenvalue weighted by atomic mass is 32.2. The lowest BCUT2D eigenvalue weighted by atomic mass is 9.83. The van der Waals surface area contributed by atoms with Crippen LogP contribution in [0.5, 0.6) is 0 Å². The minimum Gasteiger partial charge on any atom is -0.320 e. The normalized spacial score (nSPS) is 18.8. The van der Waals surface area contributed by atoms with E-state index in [1.807, 2.05) is 0 Å². The van der Waals surface area contributed by atoms with Gasteiger partial charge in [-0.05, 0) is 24.3 Å². The van der Waals surface area contributed by atoms with Crippen LogP contribution in [-0.4, -0.2) is 37.3 Å². The topological polar surface area (TPSA) is 76.3 Å². The second-order valence-corrected chi connectivity index (χ2v) is 7.92. The molecular weight excluding hydrogens is 286 g/mol. The van der Waals surface area contributed by atoms with Crippen molar-refractivity contribution in [2.24, 2.45) is 11.1 Å². The van der Waals surface area contributed by atoms with Crippen LogP contribution < -0.4 is 5.73 Å². The molecule has 1 aliphatic heterocycles. The Labute approximate surface area is 126 Å². The number of aromatic nitrogens is 1. The standard InChI is InChI=1S/C15H21N3O2S/c1-15(2)5-8-18(9-6-15)21(19,20)14-10-13(4-3-7-16)11-17-12-14/h10-12H,5-9,16H2,1-2H3. The van der Waals surface area contributed by atoms with Gasteiger partial charge in [-0.25, -0.2) is 8.42 Å². The molecule has 1 aromatic rings. The Morgan fingerprint density at radius 2 is 2.00 bits per heavy atom. The van der Waals surface area contributed by atoms with Gasteiger partial charge < -0.3 is 5.73 Å². The summed E-state index contributed by atoms with van der Waals surface area (Å²) in [4.78, 5) is 4.18. The lowest BCUT2D eigenvalue weighted by molar-refractivity contribution is 0.196. The maximum atomic E-state index is 12.6. The molecule has 114 valence electrons. The molecule has 0 radical (unpaired) electrons. The van der Waals surface area contributed by atoms with Crippen LogP contribution in [0.4, 0.5) is 0 Å². The van der Waals surface area contributed by atoms with Gasteiger partial charge >= 0.3 is 0 Å². The van der Waals surface area contributed by atoms with Crippen molar-refractivity contribution < 1.29 is 8.42 Å². The van der Waals surface area contributed by atoms with Gasteiger partial charge in [0.1, 0.15) is 4.90 Å². The summed E-state index contributed by atoms with van der Waals surface area (Å²) >= 11 is 0. The molecule has 0 spiro atoms. The van der Waals surface area contributed by atoms with E-state index >= 15 is 0 Å². The first-order valence-corrected chi connectivity index (χ1v) is 8.43. The van der Waals surface area contributed by atoms with Crippen molar-refractivity contribution >= 4 is 10.0 Å². The SMILES string of the molecule is CC1(C)CCN(S(=O)(=O)c2cncc(C#CCN)c2)CC1. The molecule has 1 aromatic heterocycles. The van der Waals surface area contributed by atoms with Crippen molar-refractivity contribution in [2.75, 3.05) is 19.6 Å². The molecule has 21 heavy (non-hydrogen) atoms. The smallest absolute Gasteiger partial charge is 0.244 e. The maximum absolute atomic E-state index is 12.6. The Hall–Kier alpha value is -1.42. The summed E-state index contributed by atoms with van der Waals surface area (Å²) in [5, 5.41) is 0. The van der Waals surface area contributed by atoms with Gasteiger partial charge in [0.2, 0.25) is 10.0 Å². The van der Waals surface area contributed by atoms with E-state index in [1.165, 1.54) is 10.5 Å². The third-order valence-electron chi connectivity index (χ3n) is 3.76.